The topological polar surface area (TPSA) is 57.5 Å². The summed E-state index contributed by atoms with van der Waals surface area (Å²) in [5.41, 5.74) is 4.79. The summed E-state index contributed by atoms with van der Waals surface area (Å²) >= 11 is 0. The molecule has 2 aromatic carbocycles. The second-order valence-electron chi connectivity index (χ2n) is 5.54. The van der Waals surface area contributed by atoms with Crippen molar-refractivity contribution in [1.29, 1.82) is 0 Å². The molecule has 0 saturated heterocycles. The monoisotopic (exact) mass is 298 g/mol. The summed E-state index contributed by atoms with van der Waals surface area (Å²) in [6, 6.07) is 16.8. The smallest absolute Gasteiger partial charge is 0.305 e. The minimum atomic E-state index is -0.960. The second kappa shape index (κ2) is 7.76. The van der Waals surface area contributed by atoms with Crippen LogP contribution in [0.3, 0.4) is 0 Å². The number of aliphatic carboxylic acids is 1. The van der Waals surface area contributed by atoms with Gasteiger partial charge in [-0.3, -0.25) is 4.79 Å². The van der Waals surface area contributed by atoms with Crippen LogP contribution < -0.4 is 0 Å². The van der Waals surface area contributed by atoms with Crippen LogP contribution in [0.4, 0.5) is 0 Å². The number of rotatable bonds is 7. The van der Waals surface area contributed by atoms with Crippen LogP contribution in [0.5, 0.6) is 0 Å². The van der Waals surface area contributed by atoms with E-state index in [0.717, 1.165) is 17.5 Å². The number of carbonyl (C=O) groups is 1. The Bertz CT molecular complexity index is 600. The summed E-state index contributed by atoms with van der Waals surface area (Å²) in [6.07, 6.45) is 1.22. The third-order valence-corrected chi connectivity index (χ3v) is 3.83. The molecule has 2 N–H and O–H groups in total. The lowest BCUT2D eigenvalue weighted by atomic mass is 9.99. The Balaban J connectivity index is 1.96. The zero-order valence-corrected chi connectivity index (χ0v) is 12.8. The van der Waals surface area contributed by atoms with E-state index in [-0.39, 0.29) is 6.42 Å². The number of hydrogen-bond acceptors (Lipinski definition) is 2. The van der Waals surface area contributed by atoms with Crippen LogP contribution in [0.1, 0.15) is 30.9 Å². The number of carboxylic acids is 1. The molecule has 3 heteroatoms. The maximum Gasteiger partial charge on any atom is 0.305 e. The first-order chi connectivity index (χ1) is 10.6. The highest BCUT2D eigenvalue weighted by atomic mass is 16.4. The molecule has 0 aromatic heterocycles. The van der Waals surface area contributed by atoms with Gasteiger partial charge in [0.25, 0.3) is 0 Å². The molecule has 3 nitrogen and oxygen atoms in total. The molecule has 0 aliphatic carbocycles. The van der Waals surface area contributed by atoms with E-state index in [2.05, 4.69) is 43.3 Å². The molecular weight excluding hydrogens is 276 g/mol. The summed E-state index contributed by atoms with van der Waals surface area (Å²) in [7, 11) is 0. The Morgan fingerprint density at radius 2 is 1.45 bits per heavy atom. The van der Waals surface area contributed by atoms with E-state index in [1.54, 1.807) is 0 Å². The largest absolute Gasteiger partial charge is 0.481 e. The fourth-order valence-electron chi connectivity index (χ4n) is 2.43. The summed E-state index contributed by atoms with van der Waals surface area (Å²) in [5.74, 6) is -0.960. The zero-order valence-electron chi connectivity index (χ0n) is 12.8. The van der Waals surface area contributed by atoms with Crippen molar-refractivity contribution in [2.24, 2.45) is 0 Å². The minimum Gasteiger partial charge on any atom is -0.481 e. The standard InChI is InChI=1S/C19H22O3/c1-2-14-3-8-16(9-4-14)17-10-5-15(6-11-17)7-12-18(20)13-19(21)22/h3-6,8-11,18,20H,2,7,12-13H2,1H3,(H,21,22). The van der Waals surface area contributed by atoms with Crippen molar-refractivity contribution in [3.05, 3.63) is 59.7 Å². The van der Waals surface area contributed by atoms with Crippen molar-refractivity contribution in [3.63, 3.8) is 0 Å². The lowest BCUT2D eigenvalue weighted by molar-refractivity contribution is -0.139. The number of benzene rings is 2. The molecule has 0 heterocycles. The van der Waals surface area contributed by atoms with Crippen LogP contribution in [-0.2, 0) is 17.6 Å². The van der Waals surface area contributed by atoms with Gasteiger partial charge in [-0.05, 0) is 41.5 Å². The highest BCUT2D eigenvalue weighted by molar-refractivity contribution is 5.67. The predicted octanol–water partition coefficient (Wildman–Crippen LogP) is 3.68. The highest BCUT2D eigenvalue weighted by Crippen LogP contribution is 2.21. The fraction of sp³-hybridized carbons (Fsp3) is 0.316. The lowest BCUT2D eigenvalue weighted by Crippen LogP contribution is -2.13. The Hall–Kier alpha value is -2.13. The minimum absolute atomic E-state index is 0.193. The number of carboxylic acid groups (broad SMARTS) is 1. The summed E-state index contributed by atoms with van der Waals surface area (Å²) in [4.78, 5) is 10.5. The average molecular weight is 298 g/mol. The molecule has 22 heavy (non-hydrogen) atoms. The van der Waals surface area contributed by atoms with Crippen molar-refractivity contribution < 1.29 is 15.0 Å². The molecule has 0 aliphatic rings. The summed E-state index contributed by atoms with van der Waals surface area (Å²) in [5, 5.41) is 18.2. The molecule has 2 aromatic rings. The fourth-order valence-corrected chi connectivity index (χ4v) is 2.43. The van der Waals surface area contributed by atoms with Crippen LogP contribution >= 0.6 is 0 Å². The van der Waals surface area contributed by atoms with Crippen molar-refractivity contribution in [1.82, 2.24) is 0 Å². The molecule has 1 unspecified atom stereocenters. The Labute approximate surface area is 131 Å². The van der Waals surface area contributed by atoms with Gasteiger partial charge in [0.2, 0.25) is 0 Å². The number of hydrogen-bond donors (Lipinski definition) is 2. The van der Waals surface area contributed by atoms with E-state index in [9.17, 15) is 9.90 Å². The van der Waals surface area contributed by atoms with E-state index in [1.807, 2.05) is 12.1 Å². The summed E-state index contributed by atoms with van der Waals surface area (Å²) < 4.78 is 0. The first-order valence-corrected chi connectivity index (χ1v) is 7.66. The normalized spacial score (nSPS) is 12.1. The quantitative estimate of drug-likeness (QED) is 0.819. The van der Waals surface area contributed by atoms with E-state index >= 15 is 0 Å². The lowest BCUT2D eigenvalue weighted by Gasteiger charge is -2.09. The molecule has 0 amide bonds. The highest BCUT2D eigenvalue weighted by Gasteiger charge is 2.09. The third-order valence-electron chi connectivity index (χ3n) is 3.83. The molecule has 0 radical (unpaired) electrons. The molecule has 0 spiro atoms. The number of aryl methyl sites for hydroxylation is 2. The molecule has 1 atom stereocenters. The van der Waals surface area contributed by atoms with Crippen molar-refractivity contribution >= 4 is 5.97 Å². The van der Waals surface area contributed by atoms with Crippen LogP contribution in [0.25, 0.3) is 11.1 Å². The molecule has 2 rings (SSSR count). The van der Waals surface area contributed by atoms with Gasteiger partial charge in [0.05, 0.1) is 12.5 Å². The van der Waals surface area contributed by atoms with Crippen molar-refractivity contribution in [3.8, 4) is 11.1 Å². The molecule has 0 saturated carbocycles. The predicted molar refractivity (Wildman–Crippen MR) is 87.8 cm³/mol. The van der Waals surface area contributed by atoms with Crippen molar-refractivity contribution in [2.45, 2.75) is 38.7 Å². The number of aliphatic hydroxyl groups is 1. The van der Waals surface area contributed by atoms with Crippen molar-refractivity contribution in [2.75, 3.05) is 0 Å². The molecular formula is C19H22O3. The Morgan fingerprint density at radius 3 is 1.91 bits per heavy atom. The second-order valence-corrected chi connectivity index (χ2v) is 5.54. The molecule has 0 bridgehead atoms. The van der Waals surface area contributed by atoms with Crippen LogP contribution in [-0.4, -0.2) is 22.3 Å². The van der Waals surface area contributed by atoms with Crippen LogP contribution in [0.2, 0.25) is 0 Å². The molecule has 116 valence electrons. The van der Waals surface area contributed by atoms with E-state index in [1.165, 1.54) is 11.1 Å². The van der Waals surface area contributed by atoms with Gasteiger partial charge in [0.15, 0.2) is 0 Å². The van der Waals surface area contributed by atoms with Gasteiger partial charge < -0.3 is 10.2 Å². The van der Waals surface area contributed by atoms with E-state index in [4.69, 9.17) is 5.11 Å². The maximum absolute atomic E-state index is 10.5. The van der Waals surface area contributed by atoms with Gasteiger partial charge >= 0.3 is 5.97 Å². The van der Waals surface area contributed by atoms with E-state index in [0.29, 0.717) is 12.8 Å². The van der Waals surface area contributed by atoms with E-state index < -0.39 is 12.1 Å². The Kier molecular flexibility index (Phi) is 5.73. The maximum atomic E-state index is 10.5. The zero-order chi connectivity index (χ0) is 15.9. The van der Waals surface area contributed by atoms with Gasteiger partial charge in [-0.15, -0.1) is 0 Å². The first-order valence-electron chi connectivity index (χ1n) is 7.66. The Morgan fingerprint density at radius 1 is 0.955 bits per heavy atom. The van der Waals surface area contributed by atoms with Gasteiger partial charge in [-0.25, -0.2) is 0 Å². The molecule has 0 aliphatic heterocycles. The van der Waals surface area contributed by atoms with Gasteiger partial charge in [0, 0.05) is 0 Å². The van der Waals surface area contributed by atoms with Gasteiger partial charge in [-0.2, -0.15) is 0 Å². The van der Waals surface area contributed by atoms with Crippen LogP contribution in [0, 0.1) is 0 Å². The average Bonchev–Trinajstić information content (AvgIpc) is 2.53. The van der Waals surface area contributed by atoms with Gasteiger partial charge in [-0.1, -0.05) is 55.5 Å². The summed E-state index contributed by atoms with van der Waals surface area (Å²) in [6.45, 7) is 2.14. The number of aliphatic hydroxyl groups excluding tert-OH is 1. The van der Waals surface area contributed by atoms with Gasteiger partial charge in [0.1, 0.15) is 0 Å². The first kappa shape index (κ1) is 16.2. The SMILES string of the molecule is CCc1ccc(-c2ccc(CCC(O)CC(=O)O)cc2)cc1. The third kappa shape index (κ3) is 4.71. The van der Waals surface area contributed by atoms with Crippen LogP contribution in [0.15, 0.2) is 48.5 Å². The molecule has 0 fully saturated rings.